The van der Waals surface area contributed by atoms with Crippen LogP contribution in [0.5, 0.6) is 5.75 Å². The Hall–Kier alpha value is -2.81. The van der Waals surface area contributed by atoms with Crippen LogP contribution < -0.4 is 10.1 Å². The fourth-order valence-electron chi connectivity index (χ4n) is 3.01. The molecule has 0 aliphatic heterocycles. The third-order valence-corrected chi connectivity index (χ3v) is 6.40. The number of benzene rings is 3. The highest BCUT2D eigenvalue weighted by Gasteiger charge is 2.18. The number of aromatic nitrogens is 3. The first-order valence-electron chi connectivity index (χ1n) is 9.58. The Balaban J connectivity index is 1.63. The van der Waals surface area contributed by atoms with Gasteiger partial charge in [0.15, 0.2) is 11.0 Å². The predicted molar refractivity (Wildman–Crippen MR) is 132 cm³/mol. The van der Waals surface area contributed by atoms with Gasteiger partial charge in [0.05, 0.1) is 18.6 Å². The van der Waals surface area contributed by atoms with Crippen molar-refractivity contribution >= 4 is 50.9 Å². The van der Waals surface area contributed by atoms with Crippen molar-refractivity contribution < 1.29 is 9.53 Å². The summed E-state index contributed by atoms with van der Waals surface area (Å²) in [6.07, 6.45) is 0. The lowest BCUT2D eigenvalue weighted by Gasteiger charge is -2.11. The van der Waals surface area contributed by atoms with E-state index < -0.39 is 0 Å². The third-order valence-electron chi connectivity index (χ3n) is 4.53. The van der Waals surface area contributed by atoms with Gasteiger partial charge in [0.1, 0.15) is 5.75 Å². The van der Waals surface area contributed by atoms with E-state index in [1.807, 2.05) is 65.2 Å². The van der Waals surface area contributed by atoms with E-state index in [-0.39, 0.29) is 11.7 Å². The number of hydrogen-bond donors (Lipinski definition) is 1. The Bertz CT molecular complexity index is 1250. The minimum atomic E-state index is -0.143. The van der Waals surface area contributed by atoms with E-state index in [1.54, 1.807) is 19.2 Å². The molecule has 0 unspecified atom stereocenters. The van der Waals surface area contributed by atoms with Crippen LogP contribution in [0.1, 0.15) is 0 Å². The fraction of sp³-hybridized carbons (Fsp3) is 0.0870. The predicted octanol–water partition coefficient (Wildman–Crippen LogP) is 6.09. The molecule has 162 valence electrons. The Morgan fingerprint density at radius 2 is 1.88 bits per heavy atom. The number of carbonyl (C=O) groups excluding carboxylic acids is 1. The molecule has 3 aromatic carbocycles. The molecule has 0 fully saturated rings. The number of hydrogen-bond acceptors (Lipinski definition) is 5. The van der Waals surface area contributed by atoms with Gasteiger partial charge in [-0.15, -0.1) is 10.2 Å². The van der Waals surface area contributed by atoms with Gasteiger partial charge < -0.3 is 10.1 Å². The molecule has 1 heterocycles. The summed E-state index contributed by atoms with van der Waals surface area (Å²) < 4.78 is 8.08. The first kappa shape index (κ1) is 22.4. The van der Waals surface area contributed by atoms with E-state index in [1.165, 1.54) is 11.8 Å². The van der Waals surface area contributed by atoms with Crippen LogP contribution >= 0.6 is 39.3 Å². The summed E-state index contributed by atoms with van der Waals surface area (Å²) in [7, 11) is 1.62. The number of ether oxygens (including phenoxy) is 1. The van der Waals surface area contributed by atoms with Gasteiger partial charge in [0.25, 0.3) is 0 Å². The van der Waals surface area contributed by atoms with Crippen molar-refractivity contribution in [3.63, 3.8) is 0 Å². The lowest BCUT2D eigenvalue weighted by Crippen LogP contribution is -2.15. The van der Waals surface area contributed by atoms with Crippen LogP contribution in [0.25, 0.3) is 17.1 Å². The summed E-state index contributed by atoms with van der Waals surface area (Å²) in [6.45, 7) is 0. The van der Waals surface area contributed by atoms with Crippen LogP contribution in [0.4, 0.5) is 5.69 Å². The zero-order valence-corrected chi connectivity index (χ0v) is 20.1. The first-order chi connectivity index (χ1) is 15.5. The van der Waals surface area contributed by atoms with Crippen molar-refractivity contribution in [2.45, 2.75) is 5.16 Å². The zero-order valence-electron chi connectivity index (χ0n) is 17.0. The summed E-state index contributed by atoms with van der Waals surface area (Å²) in [5.74, 6) is 1.39. The van der Waals surface area contributed by atoms with Gasteiger partial charge in [0.2, 0.25) is 5.91 Å². The van der Waals surface area contributed by atoms with Gasteiger partial charge in [-0.3, -0.25) is 9.36 Å². The minimum Gasteiger partial charge on any atom is -0.497 e. The van der Waals surface area contributed by atoms with E-state index in [0.29, 0.717) is 21.7 Å². The van der Waals surface area contributed by atoms with Crippen LogP contribution in [0.2, 0.25) is 5.02 Å². The number of para-hydroxylation sites is 1. The maximum atomic E-state index is 12.5. The largest absolute Gasteiger partial charge is 0.497 e. The molecule has 0 radical (unpaired) electrons. The maximum absolute atomic E-state index is 12.5. The third kappa shape index (κ3) is 5.15. The minimum absolute atomic E-state index is 0.143. The molecule has 0 atom stereocenters. The van der Waals surface area contributed by atoms with Crippen LogP contribution in [-0.4, -0.2) is 33.5 Å². The molecular weight excluding hydrogens is 512 g/mol. The van der Waals surface area contributed by atoms with Crippen LogP contribution in [0.15, 0.2) is 82.4 Å². The maximum Gasteiger partial charge on any atom is 0.234 e. The topological polar surface area (TPSA) is 69.0 Å². The smallest absolute Gasteiger partial charge is 0.234 e. The highest BCUT2D eigenvalue weighted by atomic mass is 79.9. The molecule has 4 aromatic rings. The lowest BCUT2D eigenvalue weighted by atomic mass is 10.2. The Morgan fingerprint density at radius 3 is 2.62 bits per heavy atom. The van der Waals surface area contributed by atoms with Gasteiger partial charge in [0, 0.05) is 20.7 Å². The van der Waals surface area contributed by atoms with E-state index in [2.05, 4.69) is 31.4 Å². The number of anilines is 1. The molecular formula is C23H18BrClN4O2S. The van der Waals surface area contributed by atoms with Crippen molar-refractivity contribution in [2.75, 3.05) is 18.2 Å². The summed E-state index contributed by atoms with van der Waals surface area (Å²) >= 11 is 10.8. The standard InChI is InChI=1S/C23H18BrClN4O2S/c1-31-18-6-4-5-15(13-18)22-27-28-23(29(22)17-11-9-16(25)10-12-17)32-14-21(30)26-20-8-3-2-7-19(20)24/h2-13H,14H2,1H3,(H,26,30). The quantitative estimate of drug-likeness (QED) is 0.293. The number of methoxy groups -OCH3 is 1. The number of nitrogens with one attached hydrogen (secondary N) is 1. The molecule has 0 bridgehead atoms. The molecule has 1 amide bonds. The Kier molecular flexibility index (Phi) is 7.14. The number of rotatable bonds is 7. The van der Waals surface area contributed by atoms with Crippen LogP contribution in [0.3, 0.4) is 0 Å². The summed E-state index contributed by atoms with van der Waals surface area (Å²) in [5, 5.41) is 12.9. The summed E-state index contributed by atoms with van der Waals surface area (Å²) in [5.41, 5.74) is 2.40. The highest BCUT2D eigenvalue weighted by Crippen LogP contribution is 2.30. The van der Waals surface area contributed by atoms with Crippen LogP contribution in [-0.2, 0) is 4.79 Å². The second-order valence-electron chi connectivity index (χ2n) is 6.67. The second kappa shape index (κ2) is 10.2. The molecule has 32 heavy (non-hydrogen) atoms. The molecule has 0 spiro atoms. The van der Waals surface area contributed by atoms with Crippen molar-refractivity contribution in [3.8, 4) is 22.8 Å². The summed E-state index contributed by atoms with van der Waals surface area (Å²) in [6, 6.07) is 22.5. The van der Waals surface area contributed by atoms with E-state index >= 15 is 0 Å². The molecule has 6 nitrogen and oxygen atoms in total. The number of thioether (sulfide) groups is 1. The molecule has 0 aliphatic carbocycles. The molecule has 4 rings (SSSR count). The number of carbonyl (C=O) groups is 1. The monoisotopic (exact) mass is 528 g/mol. The SMILES string of the molecule is COc1cccc(-c2nnc(SCC(=O)Nc3ccccc3Br)n2-c2ccc(Cl)cc2)c1. The number of amides is 1. The summed E-state index contributed by atoms with van der Waals surface area (Å²) in [4.78, 5) is 12.5. The average Bonchev–Trinajstić information content (AvgIpc) is 3.24. The van der Waals surface area contributed by atoms with E-state index in [9.17, 15) is 4.79 Å². The van der Waals surface area contributed by atoms with Crippen molar-refractivity contribution in [2.24, 2.45) is 0 Å². The van der Waals surface area contributed by atoms with Crippen molar-refractivity contribution in [1.82, 2.24) is 14.8 Å². The van der Waals surface area contributed by atoms with E-state index in [0.717, 1.165) is 21.5 Å². The lowest BCUT2D eigenvalue weighted by molar-refractivity contribution is -0.113. The van der Waals surface area contributed by atoms with Gasteiger partial charge in [-0.1, -0.05) is 47.6 Å². The van der Waals surface area contributed by atoms with Crippen LogP contribution in [0, 0.1) is 0 Å². The molecule has 0 aliphatic rings. The van der Waals surface area contributed by atoms with Gasteiger partial charge in [-0.05, 0) is 64.5 Å². The Morgan fingerprint density at radius 1 is 1.09 bits per heavy atom. The molecule has 0 saturated heterocycles. The second-order valence-corrected chi connectivity index (χ2v) is 8.90. The fourth-order valence-corrected chi connectivity index (χ4v) is 4.28. The highest BCUT2D eigenvalue weighted by molar-refractivity contribution is 9.10. The van der Waals surface area contributed by atoms with Gasteiger partial charge >= 0.3 is 0 Å². The van der Waals surface area contributed by atoms with Crippen molar-refractivity contribution in [1.29, 1.82) is 0 Å². The number of halogens is 2. The average molecular weight is 530 g/mol. The number of nitrogens with zero attached hydrogens (tertiary/aromatic N) is 3. The zero-order chi connectivity index (χ0) is 22.5. The molecule has 9 heteroatoms. The normalized spacial score (nSPS) is 10.7. The molecule has 1 aromatic heterocycles. The van der Waals surface area contributed by atoms with Gasteiger partial charge in [-0.2, -0.15) is 0 Å². The Labute approximate surface area is 203 Å². The van der Waals surface area contributed by atoms with Crippen molar-refractivity contribution in [3.05, 3.63) is 82.3 Å². The van der Waals surface area contributed by atoms with E-state index in [4.69, 9.17) is 16.3 Å². The first-order valence-corrected chi connectivity index (χ1v) is 11.7. The molecule has 0 saturated carbocycles. The van der Waals surface area contributed by atoms with Gasteiger partial charge in [-0.25, -0.2) is 0 Å². The molecule has 1 N–H and O–H groups in total.